The van der Waals surface area contributed by atoms with E-state index in [0.717, 1.165) is 12.1 Å². The van der Waals surface area contributed by atoms with Crippen molar-refractivity contribution in [3.05, 3.63) is 24.4 Å². The molecule has 20 heavy (non-hydrogen) atoms. The lowest BCUT2D eigenvalue weighted by molar-refractivity contribution is 0.581. The van der Waals surface area contributed by atoms with Crippen LogP contribution in [0, 0.1) is 0 Å². The summed E-state index contributed by atoms with van der Waals surface area (Å²) in [4.78, 5) is 0. The molecule has 0 aliphatic rings. The summed E-state index contributed by atoms with van der Waals surface area (Å²) in [5.74, 6) is 0. The fraction of sp³-hybridized carbons (Fsp3) is 0.588. The van der Waals surface area contributed by atoms with Gasteiger partial charge in [0.1, 0.15) is 0 Å². The van der Waals surface area contributed by atoms with Gasteiger partial charge >= 0.3 is 0 Å². The second-order valence-electron chi connectivity index (χ2n) is 5.54. The van der Waals surface area contributed by atoms with E-state index in [0.29, 0.717) is 0 Å². The minimum atomic E-state index is 1.05. The summed E-state index contributed by atoms with van der Waals surface area (Å²) in [6.07, 6.45) is 12.8. The number of unbranched alkanes of at least 4 members (excludes halogenated alkanes) is 7. The van der Waals surface area contributed by atoms with Crippen molar-refractivity contribution >= 4 is 16.6 Å². The topological polar surface area (TPSA) is 40.7 Å². The Kier molecular flexibility index (Phi) is 6.42. The van der Waals surface area contributed by atoms with Gasteiger partial charge in [0.2, 0.25) is 0 Å². The lowest BCUT2D eigenvalue weighted by Crippen LogP contribution is -2.01. The number of nitrogens with zero attached hydrogens (tertiary/aromatic N) is 1. The van der Waals surface area contributed by atoms with Crippen molar-refractivity contribution in [2.24, 2.45) is 0 Å². The predicted octanol–water partition coefficient (Wildman–Crippen LogP) is 5.12. The van der Waals surface area contributed by atoms with Crippen LogP contribution >= 0.6 is 0 Å². The number of nitrogens with one attached hydrogen (secondary N) is 2. The molecule has 0 atom stereocenters. The lowest BCUT2D eigenvalue weighted by Gasteiger charge is -2.07. The van der Waals surface area contributed by atoms with Crippen molar-refractivity contribution in [2.45, 2.75) is 58.3 Å². The molecular weight excluding hydrogens is 246 g/mol. The molecule has 1 aromatic heterocycles. The molecule has 3 heteroatoms. The van der Waals surface area contributed by atoms with Gasteiger partial charge in [0.05, 0.1) is 17.4 Å². The van der Waals surface area contributed by atoms with Gasteiger partial charge in [0.25, 0.3) is 0 Å². The van der Waals surface area contributed by atoms with Crippen LogP contribution in [0.2, 0.25) is 0 Å². The highest BCUT2D eigenvalue weighted by Crippen LogP contribution is 2.20. The summed E-state index contributed by atoms with van der Waals surface area (Å²) in [6.45, 7) is 3.32. The summed E-state index contributed by atoms with van der Waals surface area (Å²) in [6, 6.07) is 6.28. The summed E-state index contributed by atoms with van der Waals surface area (Å²) in [7, 11) is 0. The van der Waals surface area contributed by atoms with Gasteiger partial charge in [-0.1, -0.05) is 64.0 Å². The molecule has 0 amide bonds. The smallest absolute Gasteiger partial charge is 0.0881 e. The van der Waals surface area contributed by atoms with Gasteiger partial charge in [0, 0.05) is 11.9 Å². The highest BCUT2D eigenvalue weighted by Gasteiger charge is 2.01. The van der Waals surface area contributed by atoms with Crippen LogP contribution in [0.25, 0.3) is 10.9 Å². The van der Waals surface area contributed by atoms with Crippen LogP contribution in [0.1, 0.15) is 58.3 Å². The molecule has 0 fully saturated rings. The Morgan fingerprint density at radius 2 is 1.75 bits per heavy atom. The van der Waals surface area contributed by atoms with E-state index in [2.05, 4.69) is 40.6 Å². The standard InChI is InChI=1S/C17H27N3/c1-2-3-4-5-6-7-8-9-13-18-16-12-10-11-15-14-19-20-17(15)16/h10-12,14,18H,2-9,13H2,1H3,(H,19,20). The minimum absolute atomic E-state index is 1.05. The summed E-state index contributed by atoms with van der Waals surface area (Å²) < 4.78 is 0. The van der Waals surface area contributed by atoms with Crippen LogP contribution in [-0.4, -0.2) is 16.7 Å². The number of rotatable bonds is 10. The van der Waals surface area contributed by atoms with Gasteiger partial charge in [-0.3, -0.25) is 5.10 Å². The van der Waals surface area contributed by atoms with Gasteiger partial charge in [0.15, 0.2) is 0 Å². The fourth-order valence-electron chi connectivity index (χ4n) is 2.60. The molecule has 0 saturated carbocycles. The van der Waals surface area contributed by atoms with Crippen molar-refractivity contribution in [1.29, 1.82) is 0 Å². The predicted molar refractivity (Wildman–Crippen MR) is 87.2 cm³/mol. The number of hydrogen-bond acceptors (Lipinski definition) is 2. The first-order valence-corrected chi connectivity index (χ1v) is 8.08. The zero-order valence-corrected chi connectivity index (χ0v) is 12.6. The van der Waals surface area contributed by atoms with E-state index < -0.39 is 0 Å². The van der Waals surface area contributed by atoms with Crippen LogP contribution in [-0.2, 0) is 0 Å². The third-order valence-electron chi connectivity index (χ3n) is 3.82. The van der Waals surface area contributed by atoms with Crippen molar-refractivity contribution in [1.82, 2.24) is 10.2 Å². The zero-order chi connectivity index (χ0) is 14.0. The van der Waals surface area contributed by atoms with Gasteiger partial charge in [-0.25, -0.2) is 0 Å². The lowest BCUT2D eigenvalue weighted by atomic mass is 10.1. The average molecular weight is 273 g/mol. The molecule has 0 radical (unpaired) electrons. The molecule has 2 rings (SSSR count). The first-order valence-electron chi connectivity index (χ1n) is 8.08. The summed E-state index contributed by atoms with van der Waals surface area (Å²) in [5.41, 5.74) is 2.29. The van der Waals surface area contributed by atoms with E-state index in [-0.39, 0.29) is 0 Å². The van der Waals surface area contributed by atoms with Crippen molar-refractivity contribution in [2.75, 3.05) is 11.9 Å². The quantitative estimate of drug-likeness (QED) is 0.590. The SMILES string of the molecule is CCCCCCCCCCNc1cccc2cn[nH]c12. The molecule has 0 saturated heterocycles. The van der Waals surface area contributed by atoms with Crippen molar-refractivity contribution in [3.8, 4) is 0 Å². The molecule has 1 heterocycles. The number of H-pyrrole nitrogens is 1. The number of para-hydroxylation sites is 1. The van der Waals surface area contributed by atoms with E-state index in [9.17, 15) is 0 Å². The van der Waals surface area contributed by atoms with Gasteiger partial charge in [-0.2, -0.15) is 5.10 Å². The van der Waals surface area contributed by atoms with Gasteiger partial charge < -0.3 is 5.32 Å². The molecule has 1 aromatic carbocycles. The first-order chi connectivity index (χ1) is 9.92. The van der Waals surface area contributed by atoms with Crippen LogP contribution in [0.5, 0.6) is 0 Å². The number of anilines is 1. The van der Waals surface area contributed by atoms with E-state index in [1.807, 2.05) is 6.20 Å². The van der Waals surface area contributed by atoms with E-state index in [1.165, 1.54) is 62.4 Å². The largest absolute Gasteiger partial charge is 0.383 e. The molecular formula is C17H27N3. The maximum absolute atomic E-state index is 4.09. The van der Waals surface area contributed by atoms with Gasteiger partial charge in [-0.05, 0) is 12.5 Å². The van der Waals surface area contributed by atoms with E-state index in [4.69, 9.17) is 0 Å². The van der Waals surface area contributed by atoms with Crippen LogP contribution in [0.3, 0.4) is 0 Å². The molecule has 2 aromatic rings. The first kappa shape index (κ1) is 14.9. The number of fused-ring (bicyclic) bond motifs is 1. The Hall–Kier alpha value is -1.51. The third-order valence-corrected chi connectivity index (χ3v) is 3.82. The third kappa shape index (κ3) is 4.55. The number of aromatic nitrogens is 2. The summed E-state index contributed by atoms with van der Waals surface area (Å²) >= 11 is 0. The Morgan fingerprint density at radius 3 is 2.55 bits per heavy atom. The second-order valence-corrected chi connectivity index (χ2v) is 5.54. The maximum atomic E-state index is 4.09. The molecule has 0 unspecified atom stereocenters. The monoisotopic (exact) mass is 273 g/mol. The van der Waals surface area contributed by atoms with Crippen molar-refractivity contribution in [3.63, 3.8) is 0 Å². The minimum Gasteiger partial charge on any atom is -0.383 e. The van der Waals surface area contributed by atoms with Gasteiger partial charge in [-0.15, -0.1) is 0 Å². The average Bonchev–Trinajstić information content (AvgIpc) is 2.95. The van der Waals surface area contributed by atoms with E-state index in [1.54, 1.807) is 0 Å². The molecule has 2 N–H and O–H groups in total. The summed E-state index contributed by atoms with van der Waals surface area (Å²) in [5, 5.41) is 11.8. The number of hydrogen-bond donors (Lipinski definition) is 2. The van der Waals surface area contributed by atoms with E-state index >= 15 is 0 Å². The Balaban J connectivity index is 1.58. The highest BCUT2D eigenvalue weighted by atomic mass is 15.1. The Bertz CT molecular complexity index is 490. The Labute approximate surface area is 122 Å². The molecule has 0 spiro atoms. The number of aromatic amines is 1. The zero-order valence-electron chi connectivity index (χ0n) is 12.6. The normalized spacial score (nSPS) is 11.1. The molecule has 3 nitrogen and oxygen atoms in total. The second kappa shape index (κ2) is 8.62. The fourth-order valence-corrected chi connectivity index (χ4v) is 2.60. The van der Waals surface area contributed by atoms with Crippen LogP contribution in [0.15, 0.2) is 24.4 Å². The molecule has 110 valence electrons. The maximum Gasteiger partial charge on any atom is 0.0881 e. The molecule has 0 aliphatic heterocycles. The highest BCUT2D eigenvalue weighted by molar-refractivity contribution is 5.89. The van der Waals surface area contributed by atoms with Crippen LogP contribution in [0.4, 0.5) is 5.69 Å². The number of benzene rings is 1. The molecule has 0 aliphatic carbocycles. The molecule has 0 bridgehead atoms. The van der Waals surface area contributed by atoms with Crippen LogP contribution < -0.4 is 5.32 Å². The Morgan fingerprint density at radius 1 is 1.00 bits per heavy atom. The van der Waals surface area contributed by atoms with Crippen molar-refractivity contribution < 1.29 is 0 Å².